The molecule has 0 bridgehead atoms. The maximum absolute atomic E-state index is 5.49. The molecule has 0 atom stereocenters. The zero-order chi connectivity index (χ0) is 37.3. The minimum atomic E-state index is 0.803. The summed E-state index contributed by atoms with van der Waals surface area (Å²) in [6.45, 7) is 0. The number of fused-ring (bicyclic) bond motifs is 3. The molecule has 4 heteroatoms. The highest BCUT2D eigenvalue weighted by Crippen LogP contribution is 2.42. The van der Waals surface area contributed by atoms with Gasteiger partial charge in [0.05, 0.1) is 34.0 Å². The Hall–Kier alpha value is -7.56. The number of benzene rings is 6. The predicted octanol–water partition coefficient (Wildman–Crippen LogP) is 13.2. The molecular formula is C52H34N4. The fourth-order valence-electron chi connectivity index (χ4n) is 7.72. The van der Waals surface area contributed by atoms with Gasteiger partial charge in [0.15, 0.2) is 0 Å². The molecule has 4 nitrogen and oxygen atoms in total. The van der Waals surface area contributed by atoms with Crippen LogP contribution in [0, 0.1) is 0 Å². The molecule has 0 spiro atoms. The molecule has 0 amide bonds. The largest absolute Gasteiger partial charge is 0.255 e. The van der Waals surface area contributed by atoms with Crippen LogP contribution in [-0.2, 0) is 0 Å². The molecule has 4 aromatic heterocycles. The van der Waals surface area contributed by atoms with Gasteiger partial charge in [-0.3, -0.25) is 9.97 Å². The molecule has 0 saturated heterocycles. The predicted molar refractivity (Wildman–Crippen MR) is 231 cm³/mol. The summed E-state index contributed by atoms with van der Waals surface area (Å²) < 4.78 is 0. The molecule has 0 N–H and O–H groups in total. The lowest BCUT2D eigenvalue weighted by Crippen LogP contribution is -1.94. The first-order valence-corrected chi connectivity index (χ1v) is 18.8. The van der Waals surface area contributed by atoms with E-state index in [4.69, 9.17) is 9.97 Å². The van der Waals surface area contributed by atoms with Crippen LogP contribution in [0.3, 0.4) is 0 Å². The van der Waals surface area contributed by atoms with E-state index in [-0.39, 0.29) is 0 Å². The van der Waals surface area contributed by atoms with Crippen molar-refractivity contribution in [2.75, 3.05) is 0 Å². The Labute approximate surface area is 325 Å². The van der Waals surface area contributed by atoms with E-state index >= 15 is 0 Å². The molecule has 4 heterocycles. The van der Waals surface area contributed by atoms with Gasteiger partial charge in [-0.2, -0.15) is 0 Å². The summed E-state index contributed by atoms with van der Waals surface area (Å²) in [7, 11) is 0. The van der Waals surface area contributed by atoms with Crippen molar-refractivity contribution < 1.29 is 0 Å². The standard InChI is InChI=1S/C52H34N4/c1-3-15-35(16-4-1)42-23-13-25-44-50(42)45-26-14-24-43(52(45)56-51(44)36-17-5-2-6-18-36)40-22-12-20-38(32-40)37-19-11-21-39(31-37)41-33-48(46-27-7-9-29-53-46)55-49(34-41)47-28-8-10-30-54-47/h1-34H. The highest BCUT2D eigenvalue weighted by molar-refractivity contribution is 6.19. The van der Waals surface area contributed by atoms with Crippen LogP contribution in [0.1, 0.15) is 0 Å². The lowest BCUT2D eigenvalue weighted by Gasteiger charge is -2.16. The Morgan fingerprint density at radius 1 is 0.286 bits per heavy atom. The fraction of sp³-hybridized carbons (Fsp3) is 0. The van der Waals surface area contributed by atoms with Crippen LogP contribution in [-0.4, -0.2) is 19.9 Å². The van der Waals surface area contributed by atoms with Gasteiger partial charge in [-0.05, 0) is 87.5 Å². The summed E-state index contributed by atoms with van der Waals surface area (Å²) in [4.78, 5) is 19.7. The average molecular weight is 715 g/mol. The van der Waals surface area contributed by atoms with Crippen molar-refractivity contribution in [1.29, 1.82) is 0 Å². The van der Waals surface area contributed by atoms with E-state index in [1.807, 2.05) is 36.4 Å². The summed E-state index contributed by atoms with van der Waals surface area (Å²) in [6.07, 6.45) is 3.60. The number of hydrogen-bond acceptors (Lipinski definition) is 4. The molecule has 0 unspecified atom stereocenters. The number of hydrogen-bond donors (Lipinski definition) is 0. The van der Waals surface area contributed by atoms with E-state index in [1.54, 1.807) is 12.4 Å². The maximum atomic E-state index is 5.49. The molecule has 56 heavy (non-hydrogen) atoms. The minimum Gasteiger partial charge on any atom is -0.255 e. The third-order valence-corrected chi connectivity index (χ3v) is 10.4. The zero-order valence-corrected chi connectivity index (χ0v) is 30.4. The molecule has 0 saturated carbocycles. The first kappa shape index (κ1) is 33.0. The molecule has 0 aliphatic rings. The molecule has 10 aromatic rings. The molecule has 6 aromatic carbocycles. The third kappa shape index (κ3) is 6.19. The number of rotatable bonds is 7. The second-order valence-electron chi connectivity index (χ2n) is 13.8. The van der Waals surface area contributed by atoms with Gasteiger partial charge in [-0.1, -0.05) is 146 Å². The highest BCUT2D eigenvalue weighted by Gasteiger charge is 2.18. The second kappa shape index (κ2) is 14.3. The van der Waals surface area contributed by atoms with Crippen LogP contribution in [0.25, 0.3) is 100 Å². The van der Waals surface area contributed by atoms with Crippen LogP contribution in [0.15, 0.2) is 207 Å². The smallest absolute Gasteiger partial charge is 0.0900 e. The van der Waals surface area contributed by atoms with Crippen LogP contribution in [0.4, 0.5) is 0 Å². The van der Waals surface area contributed by atoms with Crippen molar-refractivity contribution >= 4 is 21.7 Å². The highest BCUT2D eigenvalue weighted by atomic mass is 14.8. The quantitative estimate of drug-likeness (QED) is 0.154. The van der Waals surface area contributed by atoms with Gasteiger partial charge in [0.2, 0.25) is 0 Å². The summed E-state index contributed by atoms with van der Waals surface area (Å²) in [5.74, 6) is 0. The van der Waals surface area contributed by atoms with Gasteiger partial charge < -0.3 is 0 Å². The van der Waals surface area contributed by atoms with Crippen molar-refractivity contribution in [2.24, 2.45) is 0 Å². The van der Waals surface area contributed by atoms with Crippen LogP contribution in [0.2, 0.25) is 0 Å². The van der Waals surface area contributed by atoms with Crippen molar-refractivity contribution in [3.8, 4) is 78.5 Å². The molecule has 0 aliphatic carbocycles. The third-order valence-electron chi connectivity index (χ3n) is 10.4. The first-order valence-electron chi connectivity index (χ1n) is 18.8. The van der Waals surface area contributed by atoms with E-state index in [0.717, 1.165) is 83.7 Å². The Bertz CT molecular complexity index is 2940. The van der Waals surface area contributed by atoms with E-state index in [2.05, 4.69) is 168 Å². The van der Waals surface area contributed by atoms with Crippen molar-refractivity contribution in [3.63, 3.8) is 0 Å². The van der Waals surface area contributed by atoms with E-state index in [9.17, 15) is 0 Å². The second-order valence-corrected chi connectivity index (χ2v) is 13.8. The van der Waals surface area contributed by atoms with Gasteiger partial charge in [0.1, 0.15) is 0 Å². The van der Waals surface area contributed by atoms with E-state index < -0.39 is 0 Å². The molecule has 10 rings (SSSR count). The molecule has 0 fully saturated rings. The van der Waals surface area contributed by atoms with E-state index in [0.29, 0.717) is 0 Å². The maximum Gasteiger partial charge on any atom is 0.0900 e. The van der Waals surface area contributed by atoms with Crippen molar-refractivity contribution in [3.05, 3.63) is 207 Å². The summed E-state index contributed by atoms with van der Waals surface area (Å²) in [5.41, 5.74) is 15.3. The van der Waals surface area contributed by atoms with Gasteiger partial charge in [0, 0.05) is 39.7 Å². The van der Waals surface area contributed by atoms with Crippen LogP contribution >= 0.6 is 0 Å². The van der Waals surface area contributed by atoms with Gasteiger partial charge in [-0.15, -0.1) is 0 Å². The lowest BCUT2D eigenvalue weighted by atomic mass is 9.90. The molecule has 0 radical (unpaired) electrons. The Morgan fingerprint density at radius 3 is 1.41 bits per heavy atom. The van der Waals surface area contributed by atoms with Crippen LogP contribution in [0.5, 0.6) is 0 Å². The van der Waals surface area contributed by atoms with Crippen LogP contribution < -0.4 is 0 Å². The van der Waals surface area contributed by atoms with Gasteiger partial charge >= 0.3 is 0 Å². The van der Waals surface area contributed by atoms with Gasteiger partial charge in [-0.25, -0.2) is 9.97 Å². The fourth-order valence-corrected chi connectivity index (χ4v) is 7.72. The Morgan fingerprint density at radius 2 is 0.786 bits per heavy atom. The monoisotopic (exact) mass is 714 g/mol. The molecule has 262 valence electrons. The zero-order valence-electron chi connectivity index (χ0n) is 30.4. The van der Waals surface area contributed by atoms with Gasteiger partial charge in [0.25, 0.3) is 0 Å². The number of aromatic nitrogens is 4. The average Bonchev–Trinajstić information content (AvgIpc) is 3.29. The van der Waals surface area contributed by atoms with Crippen molar-refractivity contribution in [1.82, 2.24) is 19.9 Å². The molecule has 0 aliphatic heterocycles. The first-order chi connectivity index (χ1) is 27.8. The summed E-state index contributed by atoms with van der Waals surface area (Å²) in [6, 6.07) is 67.9. The lowest BCUT2D eigenvalue weighted by molar-refractivity contribution is 1.22. The summed E-state index contributed by atoms with van der Waals surface area (Å²) in [5, 5.41) is 3.48. The normalized spacial score (nSPS) is 11.2. The Kier molecular flexibility index (Phi) is 8.47. The minimum absolute atomic E-state index is 0.803. The number of nitrogens with zero attached hydrogens (tertiary/aromatic N) is 4. The topological polar surface area (TPSA) is 51.6 Å². The molecular weight excluding hydrogens is 681 g/mol. The SMILES string of the molecule is c1ccc(-c2nc3c(-c4cccc(-c5cccc(-c6cc(-c7ccccn7)nc(-c7ccccn7)c6)c5)c4)cccc3c3c(-c4ccccc4)cccc23)cc1. The summed E-state index contributed by atoms with van der Waals surface area (Å²) >= 11 is 0. The Balaban J connectivity index is 1.12. The number of para-hydroxylation sites is 1. The van der Waals surface area contributed by atoms with E-state index in [1.165, 1.54) is 16.5 Å². The van der Waals surface area contributed by atoms with Crippen molar-refractivity contribution in [2.45, 2.75) is 0 Å². The number of pyridine rings is 4.